The molecule has 11 heteroatoms. The minimum absolute atomic E-state index is 0.00621. The Morgan fingerprint density at radius 2 is 2.07 bits per heavy atom. The van der Waals surface area contributed by atoms with Crippen LogP contribution in [0.25, 0.3) is 6.08 Å². The third kappa shape index (κ3) is 6.95. The number of nitro benzene ring substituents is 1. The van der Waals surface area contributed by atoms with Gasteiger partial charge in [-0.3, -0.25) is 29.4 Å². The van der Waals surface area contributed by atoms with Crippen LogP contribution in [-0.2, 0) is 14.4 Å². The van der Waals surface area contributed by atoms with Crippen LogP contribution in [0.2, 0.25) is 0 Å². The number of non-ortho nitro benzene ring substituents is 1. The second kappa shape index (κ2) is 10.7. The zero-order valence-electron chi connectivity index (χ0n) is 15.3. The first-order chi connectivity index (χ1) is 13.8. The number of carboxylic acids is 1. The largest absolute Gasteiger partial charge is 0.481 e. The van der Waals surface area contributed by atoms with E-state index in [1.165, 1.54) is 17.0 Å². The third-order valence-electron chi connectivity index (χ3n) is 3.93. The number of carbonyl (C=O) groups excluding carboxylic acids is 2. The van der Waals surface area contributed by atoms with E-state index in [0.29, 0.717) is 27.6 Å². The predicted octanol–water partition coefficient (Wildman–Crippen LogP) is 2.56. The Kier molecular flexibility index (Phi) is 8.28. The first kappa shape index (κ1) is 22.5. The van der Waals surface area contributed by atoms with E-state index in [4.69, 9.17) is 17.3 Å². The molecule has 0 bridgehead atoms. The number of thioether (sulfide) groups is 1. The molecule has 1 saturated heterocycles. The summed E-state index contributed by atoms with van der Waals surface area (Å²) in [6.07, 6.45) is 2.50. The Balaban J connectivity index is 1.86. The summed E-state index contributed by atoms with van der Waals surface area (Å²) in [5.74, 6) is -1.42. The molecule has 0 aliphatic carbocycles. The fourth-order valence-corrected chi connectivity index (χ4v) is 3.83. The monoisotopic (exact) mass is 437 g/mol. The summed E-state index contributed by atoms with van der Waals surface area (Å²) in [5, 5.41) is 22.0. The van der Waals surface area contributed by atoms with Gasteiger partial charge >= 0.3 is 5.97 Å². The van der Waals surface area contributed by atoms with E-state index in [-0.39, 0.29) is 43.4 Å². The number of nitrogens with one attached hydrogen (secondary N) is 1. The molecule has 0 spiro atoms. The van der Waals surface area contributed by atoms with Crippen LogP contribution in [0.4, 0.5) is 5.69 Å². The number of hydrogen-bond acceptors (Lipinski definition) is 7. The molecule has 9 nitrogen and oxygen atoms in total. The summed E-state index contributed by atoms with van der Waals surface area (Å²) in [6, 6.07) is 5.95. The van der Waals surface area contributed by atoms with Crippen LogP contribution in [-0.4, -0.2) is 50.1 Å². The average molecular weight is 437 g/mol. The summed E-state index contributed by atoms with van der Waals surface area (Å²) < 4.78 is 0.369. The van der Waals surface area contributed by atoms with Gasteiger partial charge in [-0.2, -0.15) is 0 Å². The van der Waals surface area contributed by atoms with Gasteiger partial charge in [0.15, 0.2) is 0 Å². The van der Waals surface area contributed by atoms with Crippen molar-refractivity contribution in [2.24, 2.45) is 0 Å². The van der Waals surface area contributed by atoms with Crippen LogP contribution in [0, 0.1) is 10.1 Å². The normalized spacial score (nSPS) is 15.0. The first-order valence-corrected chi connectivity index (χ1v) is 9.98. The van der Waals surface area contributed by atoms with Gasteiger partial charge < -0.3 is 10.4 Å². The van der Waals surface area contributed by atoms with Crippen molar-refractivity contribution in [3.63, 3.8) is 0 Å². The summed E-state index contributed by atoms with van der Waals surface area (Å²) in [4.78, 5) is 46.9. The highest BCUT2D eigenvalue weighted by molar-refractivity contribution is 8.26. The molecule has 1 aliphatic heterocycles. The molecule has 29 heavy (non-hydrogen) atoms. The van der Waals surface area contributed by atoms with Crippen molar-refractivity contribution in [2.45, 2.75) is 25.7 Å². The summed E-state index contributed by atoms with van der Waals surface area (Å²) in [6.45, 7) is 0.567. The maximum absolute atomic E-state index is 12.5. The lowest BCUT2D eigenvalue weighted by Gasteiger charge is -2.14. The van der Waals surface area contributed by atoms with E-state index < -0.39 is 10.9 Å². The smallest absolute Gasteiger partial charge is 0.303 e. The van der Waals surface area contributed by atoms with Gasteiger partial charge in [0.1, 0.15) is 4.32 Å². The molecule has 0 unspecified atom stereocenters. The molecule has 1 aromatic carbocycles. The topological polar surface area (TPSA) is 130 Å². The molecule has 0 saturated carbocycles. The van der Waals surface area contributed by atoms with E-state index in [2.05, 4.69) is 5.32 Å². The highest BCUT2D eigenvalue weighted by atomic mass is 32.2. The van der Waals surface area contributed by atoms with Crippen LogP contribution in [0.1, 0.15) is 31.2 Å². The van der Waals surface area contributed by atoms with Gasteiger partial charge in [0.2, 0.25) is 5.91 Å². The number of thiocarbonyl (C=S) groups is 1. The molecule has 1 aromatic rings. The Hall–Kier alpha value is -2.79. The first-order valence-electron chi connectivity index (χ1n) is 8.76. The van der Waals surface area contributed by atoms with Crippen molar-refractivity contribution in [3.8, 4) is 0 Å². The van der Waals surface area contributed by atoms with Crippen molar-refractivity contribution < 1.29 is 24.4 Å². The Morgan fingerprint density at radius 1 is 1.31 bits per heavy atom. The average Bonchev–Trinajstić information content (AvgIpc) is 2.92. The molecule has 2 amide bonds. The van der Waals surface area contributed by atoms with Crippen molar-refractivity contribution in [1.29, 1.82) is 0 Å². The van der Waals surface area contributed by atoms with Crippen molar-refractivity contribution in [1.82, 2.24) is 10.2 Å². The molecule has 1 heterocycles. The van der Waals surface area contributed by atoms with Crippen LogP contribution in [0.15, 0.2) is 29.2 Å². The van der Waals surface area contributed by atoms with E-state index in [1.807, 2.05) is 0 Å². The molecule has 1 aliphatic rings. The number of carbonyl (C=O) groups is 3. The fraction of sp³-hybridized carbons (Fsp3) is 0.333. The summed E-state index contributed by atoms with van der Waals surface area (Å²) in [5.41, 5.74) is 0.462. The molecular weight excluding hydrogens is 418 g/mol. The highest BCUT2D eigenvalue weighted by Gasteiger charge is 2.31. The lowest BCUT2D eigenvalue weighted by atomic mass is 10.2. The van der Waals surface area contributed by atoms with Gasteiger partial charge in [-0.05, 0) is 24.5 Å². The molecular formula is C18H19N3O6S2. The fourth-order valence-electron chi connectivity index (χ4n) is 2.53. The number of rotatable bonds is 10. The van der Waals surface area contributed by atoms with Crippen LogP contribution < -0.4 is 5.32 Å². The van der Waals surface area contributed by atoms with Gasteiger partial charge in [-0.1, -0.05) is 36.1 Å². The zero-order chi connectivity index (χ0) is 21.4. The van der Waals surface area contributed by atoms with E-state index in [1.54, 1.807) is 18.2 Å². The molecule has 154 valence electrons. The summed E-state index contributed by atoms with van der Waals surface area (Å²) in [7, 11) is 0. The molecule has 0 radical (unpaired) electrons. The Morgan fingerprint density at radius 3 is 2.76 bits per heavy atom. The Bertz CT molecular complexity index is 871. The minimum Gasteiger partial charge on any atom is -0.481 e. The molecule has 0 aromatic heterocycles. The molecule has 1 fully saturated rings. The highest BCUT2D eigenvalue weighted by Crippen LogP contribution is 2.33. The van der Waals surface area contributed by atoms with Crippen molar-refractivity contribution >= 4 is 57.8 Å². The predicted molar refractivity (Wildman–Crippen MR) is 112 cm³/mol. The number of benzene rings is 1. The van der Waals surface area contributed by atoms with Gasteiger partial charge in [0.05, 0.1) is 9.83 Å². The number of carboxylic acid groups (broad SMARTS) is 1. The van der Waals surface area contributed by atoms with Crippen LogP contribution in [0.5, 0.6) is 0 Å². The van der Waals surface area contributed by atoms with Crippen LogP contribution in [0.3, 0.4) is 0 Å². The molecule has 0 atom stereocenters. The minimum atomic E-state index is -0.910. The van der Waals surface area contributed by atoms with Gasteiger partial charge in [-0.25, -0.2) is 0 Å². The van der Waals surface area contributed by atoms with Gasteiger partial charge in [-0.15, -0.1) is 0 Å². The maximum atomic E-state index is 12.5. The standard InChI is InChI=1S/C18H19N3O6S2/c22-15(19-8-2-7-16(23)24)6-3-9-20-17(25)14(29-18(20)28)11-12-4-1-5-13(10-12)21(26)27/h1,4-5,10-11H,2-3,6-9H2,(H,19,22)(H,23,24)/b14-11-. The van der Waals surface area contributed by atoms with Crippen molar-refractivity contribution in [2.75, 3.05) is 13.1 Å². The Labute approximate surface area is 176 Å². The van der Waals surface area contributed by atoms with Crippen LogP contribution >= 0.6 is 24.0 Å². The number of hydrogen-bond donors (Lipinski definition) is 2. The number of nitro groups is 1. The number of aliphatic carboxylic acids is 1. The second-order valence-corrected chi connectivity index (χ2v) is 7.81. The maximum Gasteiger partial charge on any atom is 0.303 e. The lowest BCUT2D eigenvalue weighted by molar-refractivity contribution is -0.384. The SMILES string of the molecule is O=C(O)CCCNC(=O)CCCN1C(=O)/C(=C/c2cccc([N+](=O)[O-])c2)SC1=S. The quantitative estimate of drug-likeness (QED) is 0.188. The number of nitrogens with zero attached hydrogens (tertiary/aromatic N) is 2. The van der Waals surface area contributed by atoms with E-state index in [0.717, 1.165) is 11.8 Å². The van der Waals surface area contributed by atoms with Crippen molar-refractivity contribution in [3.05, 3.63) is 44.8 Å². The molecule has 2 rings (SSSR count). The lowest BCUT2D eigenvalue weighted by Crippen LogP contribution is -2.31. The van der Waals surface area contributed by atoms with E-state index >= 15 is 0 Å². The van der Waals surface area contributed by atoms with E-state index in [9.17, 15) is 24.5 Å². The number of amides is 2. The molecule has 2 N–H and O–H groups in total. The zero-order valence-corrected chi connectivity index (χ0v) is 17.0. The second-order valence-electron chi connectivity index (χ2n) is 6.14. The third-order valence-corrected chi connectivity index (χ3v) is 5.31. The van der Waals surface area contributed by atoms with Gasteiger partial charge in [0, 0.05) is 38.1 Å². The van der Waals surface area contributed by atoms with Gasteiger partial charge in [0.25, 0.3) is 11.6 Å². The summed E-state index contributed by atoms with van der Waals surface area (Å²) >= 11 is 6.34.